The number of fused-ring (bicyclic) bond motifs is 1. The van der Waals surface area contributed by atoms with E-state index in [0.29, 0.717) is 5.02 Å². The third kappa shape index (κ3) is 1.58. The van der Waals surface area contributed by atoms with Crippen LogP contribution in [0.4, 0.5) is 0 Å². The number of hydrogen-bond donors (Lipinski definition) is 0. The fourth-order valence-corrected chi connectivity index (χ4v) is 3.38. The van der Waals surface area contributed by atoms with Gasteiger partial charge in [0.25, 0.3) is 0 Å². The topological polar surface area (TPSA) is 51.2 Å². The summed E-state index contributed by atoms with van der Waals surface area (Å²) in [5, 5.41) is -0.259. The van der Waals surface area contributed by atoms with Crippen molar-refractivity contribution in [3.63, 3.8) is 0 Å². The van der Waals surface area contributed by atoms with Crippen molar-refractivity contribution in [2.45, 2.75) is 23.5 Å². The fourth-order valence-electron chi connectivity index (χ4n) is 1.67. The Labute approximate surface area is 93.0 Å². The third-order valence-electron chi connectivity index (χ3n) is 2.55. The molecule has 1 atom stereocenters. The molecule has 1 aromatic carbocycles. The summed E-state index contributed by atoms with van der Waals surface area (Å²) in [6.07, 6.45) is 0.0374. The molecule has 0 bridgehead atoms. The zero-order valence-corrected chi connectivity index (χ0v) is 9.60. The van der Waals surface area contributed by atoms with Gasteiger partial charge in [0, 0.05) is 17.0 Å². The number of benzene rings is 1. The van der Waals surface area contributed by atoms with Crippen LogP contribution in [0.1, 0.15) is 23.7 Å². The van der Waals surface area contributed by atoms with E-state index in [9.17, 15) is 13.2 Å². The molecule has 0 N–H and O–H groups in total. The van der Waals surface area contributed by atoms with Crippen LogP contribution in [0.3, 0.4) is 0 Å². The molecule has 0 saturated carbocycles. The van der Waals surface area contributed by atoms with E-state index < -0.39 is 15.1 Å². The summed E-state index contributed by atoms with van der Waals surface area (Å²) < 4.78 is 23.7. The summed E-state index contributed by atoms with van der Waals surface area (Å²) in [5.41, 5.74) is 0.223. The second-order valence-corrected chi connectivity index (χ2v) is 6.39. The van der Waals surface area contributed by atoms with E-state index in [4.69, 9.17) is 11.6 Å². The van der Waals surface area contributed by atoms with Crippen LogP contribution in [0.5, 0.6) is 0 Å². The van der Waals surface area contributed by atoms with Gasteiger partial charge in [-0.25, -0.2) is 8.42 Å². The molecule has 1 heterocycles. The van der Waals surface area contributed by atoms with E-state index in [1.54, 1.807) is 6.92 Å². The molecule has 80 valence electrons. The molecule has 0 unspecified atom stereocenters. The van der Waals surface area contributed by atoms with Gasteiger partial charge in [0.05, 0.1) is 10.1 Å². The van der Waals surface area contributed by atoms with Crippen molar-refractivity contribution in [2.75, 3.05) is 0 Å². The second kappa shape index (κ2) is 3.32. The highest BCUT2D eigenvalue weighted by atomic mass is 35.5. The zero-order valence-electron chi connectivity index (χ0n) is 8.03. The van der Waals surface area contributed by atoms with E-state index in [1.165, 1.54) is 18.2 Å². The summed E-state index contributed by atoms with van der Waals surface area (Å²) in [7, 11) is -3.35. The smallest absolute Gasteiger partial charge is 0.182 e. The molecular weight excluding hydrogens is 236 g/mol. The summed E-state index contributed by atoms with van der Waals surface area (Å²) >= 11 is 5.72. The molecule has 15 heavy (non-hydrogen) atoms. The average Bonchev–Trinajstić information content (AvgIpc) is 2.15. The van der Waals surface area contributed by atoms with Crippen molar-refractivity contribution in [2.24, 2.45) is 0 Å². The molecule has 1 aliphatic rings. The number of ketones is 1. The maximum atomic E-state index is 11.9. The summed E-state index contributed by atoms with van der Waals surface area (Å²) in [6.45, 7) is 1.55. The Hall–Kier alpha value is -0.870. The van der Waals surface area contributed by atoms with Crippen LogP contribution in [0, 0.1) is 0 Å². The van der Waals surface area contributed by atoms with Gasteiger partial charge in [-0.1, -0.05) is 11.6 Å². The Morgan fingerprint density at radius 3 is 2.73 bits per heavy atom. The molecule has 3 nitrogen and oxygen atoms in total. The Balaban J connectivity index is 2.76. The quantitative estimate of drug-likeness (QED) is 0.702. The van der Waals surface area contributed by atoms with Crippen LogP contribution in [0.2, 0.25) is 5.02 Å². The molecular formula is C10H9ClO3S. The highest BCUT2D eigenvalue weighted by Crippen LogP contribution is 2.31. The molecule has 0 aromatic heterocycles. The molecule has 0 spiro atoms. The maximum absolute atomic E-state index is 11.9. The molecule has 0 saturated heterocycles. The SMILES string of the molecule is C[C@@H]1CC(=O)c2cc(Cl)ccc2S1(=O)=O. The van der Waals surface area contributed by atoms with Gasteiger partial charge in [0.1, 0.15) is 0 Å². The first-order chi connectivity index (χ1) is 6.93. The minimum absolute atomic E-state index is 0.0374. The first-order valence-corrected chi connectivity index (χ1v) is 6.42. The minimum Gasteiger partial charge on any atom is -0.294 e. The minimum atomic E-state index is -3.35. The Morgan fingerprint density at radius 2 is 2.07 bits per heavy atom. The standard InChI is InChI=1S/C10H9ClO3S/c1-6-4-9(12)8-5-7(11)2-3-10(8)15(6,13)14/h2-3,5-6H,4H2,1H3/t6-/m1/s1. The molecule has 2 rings (SSSR count). The van der Waals surface area contributed by atoms with Gasteiger partial charge >= 0.3 is 0 Å². The number of hydrogen-bond acceptors (Lipinski definition) is 3. The van der Waals surface area contributed by atoms with Crippen molar-refractivity contribution in [1.82, 2.24) is 0 Å². The summed E-state index contributed by atoms with van der Waals surface area (Å²) in [5.74, 6) is -0.158. The Bertz CT molecular complexity index is 534. The van der Waals surface area contributed by atoms with Gasteiger partial charge in [-0.3, -0.25) is 4.79 Å². The van der Waals surface area contributed by atoms with E-state index in [-0.39, 0.29) is 22.7 Å². The van der Waals surface area contributed by atoms with Crippen molar-refractivity contribution < 1.29 is 13.2 Å². The lowest BCUT2D eigenvalue weighted by molar-refractivity contribution is 0.0976. The van der Waals surface area contributed by atoms with Gasteiger partial charge in [-0.05, 0) is 25.1 Å². The van der Waals surface area contributed by atoms with E-state index in [2.05, 4.69) is 0 Å². The lowest BCUT2D eigenvalue weighted by Gasteiger charge is -2.20. The predicted octanol–water partition coefficient (Wildman–Crippen LogP) is 2.09. The largest absolute Gasteiger partial charge is 0.294 e. The highest BCUT2D eigenvalue weighted by molar-refractivity contribution is 7.92. The fraction of sp³-hybridized carbons (Fsp3) is 0.300. The van der Waals surface area contributed by atoms with Crippen LogP contribution in [-0.4, -0.2) is 19.5 Å². The van der Waals surface area contributed by atoms with Crippen molar-refractivity contribution in [3.8, 4) is 0 Å². The third-order valence-corrected chi connectivity index (χ3v) is 4.98. The molecule has 1 aliphatic heterocycles. The lowest BCUT2D eigenvalue weighted by atomic mass is 10.1. The maximum Gasteiger partial charge on any atom is 0.182 e. The van der Waals surface area contributed by atoms with Crippen molar-refractivity contribution >= 4 is 27.2 Å². The Morgan fingerprint density at radius 1 is 1.40 bits per heavy atom. The van der Waals surface area contributed by atoms with Gasteiger partial charge in [-0.15, -0.1) is 0 Å². The predicted molar refractivity (Wildman–Crippen MR) is 57.0 cm³/mol. The second-order valence-electron chi connectivity index (χ2n) is 3.62. The first kappa shape index (κ1) is 10.6. The van der Waals surface area contributed by atoms with Crippen LogP contribution in [0.25, 0.3) is 0 Å². The van der Waals surface area contributed by atoms with Crippen molar-refractivity contribution in [3.05, 3.63) is 28.8 Å². The molecule has 0 amide bonds. The molecule has 0 aliphatic carbocycles. The van der Waals surface area contributed by atoms with Crippen LogP contribution in [-0.2, 0) is 9.84 Å². The number of sulfone groups is 1. The zero-order chi connectivity index (χ0) is 11.2. The number of carbonyl (C=O) groups excluding carboxylic acids is 1. The normalized spacial score (nSPS) is 23.6. The lowest BCUT2D eigenvalue weighted by Crippen LogP contribution is -2.28. The Kier molecular flexibility index (Phi) is 2.35. The van der Waals surface area contributed by atoms with Gasteiger partial charge in [0.2, 0.25) is 0 Å². The van der Waals surface area contributed by atoms with Gasteiger partial charge < -0.3 is 0 Å². The summed E-state index contributed by atoms with van der Waals surface area (Å²) in [6, 6.07) is 4.31. The number of halogens is 1. The average molecular weight is 245 g/mol. The van der Waals surface area contributed by atoms with Gasteiger partial charge in [0.15, 0.2) is 15.6 Å². The molecule has 5 heteroatoms. The van der Waals surface area contributed by atoms with Crippen molar-refractivity contribution in [1.29, 1.82) is 0 Å². The van der Waals surface area contributed by atoms with Gasteiger partial charge in [-0.2, -0.15) is 0 Å². The number of carbonyl (C=O) groups is 1. The number of rotatable bonds is 0. The van der Waals surface area contributed by atoms with E-state index in [1.807, 2.05) is 0 Å². The first-order valence-electron chi connectivity index (χ1n) is 4.49. The molecule has 1 aromatic rings. The monoisotopic (exact) mass is 244 g/mol. The highest BCUT2D eigenvalue weighted by Gasteiger charge is 2.35. The number of Topliss-reactive ketones (excluding diaryl/α,β-unsaturated/α-hetero) is 1. The molecule has 0 fully saturated rings. The van der Waals surface area contributed by atoms with E-state index >= 15 is 0 Å². The van der Waals surface area contributed by atoms with Crippen LogP contribution < -0.4 is 0 Å². The molecule has 0 radical (unpaired) electrons. The summed E-state index contributed by atoms with van der Waals surface area (Å²) in [4.78, 5) is 11.7. The van der Waals surface area contributed by atoms with Crippen LogP contribution >= 0.6 is 11.6 Å². The van der Waals surface area contributed by atoms with E-state index in [0.717, 1.165) is 0 Å². The van der Waals surface area contributed by atoms with Crippen LogP contribution in [0.15, 0.2) is 23.1 Å².